The predicted molar refractivity (Wildman–Crippen MR) is 147 cm³/mol. The summed E-state index contributed by atoms with van der Waals surface area (Å²) in [6, 6.07) is 14.3. The van der Waals surface area contributed by atoms with Gasteiger partial charge in [-0.05, 0) is 42.8 Å². The van der Waals surface area contributed by atoms with Crippen molar-refractivity contribution >= 4 is 57.7 Å². The molecule has 2 aromatic heterocycles. The Hall–Kier alpha value is -3.73. The van der Waals surface area contributed by atoms with E-state index in [4.69, 9.17) is 11.6 Å². The molecule has 1 aliphatic heterocycles. The number of benzene rings is 2. The molecule has 4 aromatic rings. The molecule has 11 heteroatoms. The van der Waals surface area contributed by atoms with Crippen LogP contribution < -0.4 is 26.2 Å². The fourth-order valence-corrected chi connectivity index (χ4v) is 4.74. The van der Waals surface area contributed by atoms with Gasteiger partial charge >= 0.3 is 6.03 Å². The molecule has 0 aliphatic carbocycles. The first-order valence-corrected chi connectivity index (χ1v) is 12.7. The number of aryl methyl sites for hydroxylation is 1. The van der Waals surface area contributed by atoms with Crippen LogP contribution in [0.4, 0.5) is 33.5 Å². The number of halogens is 1. The highest BCUT2D eigenvalue weighted by Gasteiger charge is 2.15. The third-order valence-corrected chi connectivity index (χ3v) is 6.65. The normalized spacial score (nSPS) is 13.3. The number of carbonyl (C=O) groups excluding carboxylic acids is 1. The van der Waals surface area contributed by atoms with E-state index in [9.17, 15) is 4.79 Å². The quantitative estimate of drug-likeness (QED) is 0.271. The van der Waals surface area contributed by atoms with Crippen molar-refractivity contribution in [1.82, 2.24) is 20.3 Å². The zero-order valence-electron chi connectivity index (χ0n) is 19.6. The van der Waals surface area contributed by atoms with Gasteiger partial charge in [0.15, 0.2) is 0 Å². The molecule has 36 heavy (non-hydrogen) atoms. The topological polar surface area (TPSA) is 107 Å². The zero-order valence-corrected chi connectivity index (χ0v) is 21.2. The van der Waals surface area contributed by atoms with Crippen molar-refractivity contribution in [3.8, 4) is 10.4 Å². The molecule has 0 bridgehead atoms. The van der Waals surface area contributed by atoms with E-state index in [1.165, 1.54) is 0 Å². The number of anilines is 5. The lowest BCUT2D eigenvalue weighted by atomic mass is 10.1. The SMILES string of the molecule is Cc1nc(Nc2cc(-c3cncs3)ccc2NC(=O)Nc2cccc(Cl)c2)cc(N2CCNCC2)n1. The van der Waals surface area contributed by atoms with Gasteiger partial charge in [0.05, 0.1) is 21.8 Å². The monoisotopic (exact) mass is 520 g/mol. The van der Waals surface area contributed by atoms with Crippen LogP contribution in [0.15, 0.2) is 60.2 Å². The fraction of sp³-hybridized carbons (Fsp3) is 0.200. The highest BCUT2D eigenvalue weighted by molar-refractivity contribution is 7.13. The van der Waals surface area contributed by atoms with E-state index in [1.807, 2.05) is 37.4 Å². The van der Waals surface area contributed by atoms with Crippen molar-refractivity contribution in [3.05, 3.63) is 71.1 Å². The van der Waals surface area contributed by atoms with Crippen molar-refractivity contribution in [2.75, 3.05) is 47.0 Å². The molecule has 0 saturated carbocycles. The van der Waals surface area contributed by atoms with E-state index in [0.29, 0.717) is 33.7 Å². The lowest BCUT2D eigenvalue weighted by Crippen LogP contribution is -2.44. The molecule has 3 heterocycles. The number of hydrogen-bond donors (Lipinski definition) is 4. The smallest absolute Gasteiger partial charge is 0.323 e. The summed E-state index contributed by atoms with van der Waals surface area (Å²) >= 11 is 7.60. The van der Waals surface area contributed by atoms with Gasteiger partial charge in [-0.1, -0.05) is 23.7 Å². The van der Waals surface area contributed by atoms with Crippen LogP contribution in [0.25, 0.3) is 10.4 Å². The van der Waals surface area contributed by atoms with Crippen LogP contribution in [0.5, 0.6) is 0 Å². The number of aromatic nitrogens is 3. The molecule has 0 radical (unpaired) electrons. The summed E-state index contributed by atoms with van der Waals surface area (Å²) in [5.74, 6) is 2.19. The Morgan fingerprint density at radius 3 is 2.69 bits per heavy atom. The molecular weight excluding hydrogens is 496 g/mol. The highest BCUT2D eigenvalue weighted by atomic mass is 35.5. The van der Waals surface area contributed by atoms with Crippen LogP contribution in [-0.4, -0.2) is 47.2 Å². The highest BCUT2D eigenvalue weighted by Crippen LogP contribution is 2.33. The van der Waals surface area contributed by atoms with Crippen molar-refractivity contribution < 1.29 is 4.79 Å². The lowest BCUT2D eigenvalue weighted by molar-refractivity contribution is 0.262. The fourth-order valence-electron chi connectivity index (χ4n) is 3.93. The number of rotatable bonds is 6. The molecular formula is C25H25ClN8OS. The van der Waals surface area contributed by atoms with Gasteiger partial charge in [-0.25, -0.2) is 14.8 Å². The number of hydrogen-bond acceptors (Lipinski definition) is 8. The first kappa shape index (κ1) is 24.0. The van der Waals surface area contributed by atoms with Crippen LogP contribution in [-0.2, 0) is 0 Å². The minimum Gasteiger partial charge on any atom is -0.354 e. The van der Waals surface area contributed by atoms with Crippen LogP contribution in [0, 0.1) is 6.92 Å². The number of nitrogens with one attached hydrogen (secondary N) is 4. The van der Waals surface area contributed by atoms with E-state index in [1.54, 1.807) is 41.1 Å². The summed E-state index contributed by atoms with van der Waals surface area (Å²) in [6.07, 6.45) is 1.82. The summed E-state index contributed by atoms with van der Waals surface area (Å²) in [5, 5.41) is 13.1. The van der Waals surface area contributed by atoms with Gasteiger partial charge in [-0.2, -0.15) is 0 Å². The molecule has 0 atom stereocenters. The first-order chi connectivity index (χ1) is 17.5. The molecule has 1 fully saturated rings. The Morgan fingerprint density at radius 1 is 1.06 bits per heavy atom. The molecule has 2 amide bonds. The Morgan fingerprint density at radius 2 is 1.92 bits per heavy atom. The minimum absolute atomic E-state index is 0.383. The molecule has 184 valence electrons. The van der Waals surface area contributed by atoms with E-state index < -0.39 is 0 Å². The standard InChI is InChI=1S/C25H25ClN8OS/c1-16-29-23(13-24(30-16)34-9-7-27-8-10-34)32-21-11-17(22-14-28-15-36-22)5-6-20(21)33-25(35)31-19-4-2-3-18(26)12-19/h2-6,11-15,27H,7-10H2,1H3,(H,29,30,32)(H2,31,33,35). The Balaban J connectivity index is 1.43. The summed E-state index contributed by atoms with van der Waals surface area (Å²) in [5.41, 5.74) is 4.67. The number of carbonyl (C=O) groups is 1. The van der Waals surface area contributed by atoms with Gasteiger partial charge in [0.25, 0.3) is 0 Å². The predicted octanol–water partition coefficient (Wildman–Crippen LogP) is 5.36. The molecule has 5 rings (SSSR count). The number of thiazole rings is 1. The first-order valence-electron chi connectivity index (χ1n) is 11.5. The Labute approximate surface area is 218 Å². The van der Waals surface area contributed by atoms with Crippen LogP contribution >= 0.6 is 22.9 Å². The Kier molecular flexibility index (Phi) is 7.26. The second-order valence-corrected chi connectivity index (χ2v) is 9.56. The minimum atomic E-state index is -0.383. The van der Waals surface area contributed by atoms with Gasteiger partial charge in [-0.15, -0.1) is 11.3 Å². The molecule has 0 spiro atoms. The van der Waals surface area contributed by atoms with E-state index >= 15 is 0 Å². The summed E-state index contributed by atoms with van der Waals surface area (Å²) in [6.45, 7) is 5.47. The molecule has 1 aliphatic rings. The third-order valence-electron chi connectivity index (χ3n) is 5.60. The number of amides is 2. The van der Waals surface area contributed by atoms with Crippen molar-refractivity contribution in [3.63, 3.8) is 0 Å². The van der Waals surface area contributed by atoms with Gasteiger partial charge in [0.1, 0.15) is 17.5 Å². The third kappa shape index (κ3) is 5.91. The molecule has 0 unspecified atom stereocenters. The van der Waals surface area contributed by atoms with E-state index in [2.05, 4.69) is 41.1 Å². The number of urea groups is 1. The maximum atomic E-state index is 12.8. The van der Waals surface area contributed by atoms with Gasteiger partial charge in [0.2, 0.25) is 0 Å². The number of nitrogens with zero attached hydrogens (tertiary/aromatic N) is 4. The van der Waals surface area contributed by atoms with Gasteiger partial charge in [-0.3, -0.25) is 4.98 Å². The second kappa shape index (κ2) is 10.9. The van der Waals surface area contributed by atoms with E-state index in [0.717, 1.165) is 42.4 Å². The van der Waals surface area contributed by atoms with Crippen LogP contribution in [0.1, 0.15) is 5.82 Å². The average Bonchev–Trinajstić information content (AvgIpc) is 3.40. The summed E-state index contributed by atoms with van der Waals surface area (Å²) in [4.78, 5) is 29.5. The van der Waals surface area contributed by atoms with Gasteiger partial charge in [0, 0.05) is 49.2 Å². The summed E-state index contributed by atoms with van der Waals surface area (Å²) in [7, 11) is 0. The molecule has 2 aromatic carbocycles. The maximum Gasteiger partial charge on any atom is 0.323 e. The second-order valence-electron chi connectivity index (χ2n) is 8.24. The Bertz CT molecular complexity index is 1360. The van der Waals surface area contributed by atoms with Crippen molar-refractivity contribution in [1.29, 1.82) is 0 Å². The van der Waals surface area contributed by atoms with Crippen LogP contribution in [0.3, 0.4) is 0 Å². The largest absolute Gasteiger partial charge is 0.354 e. The summed E-state index contributed by atoms with van der Waals surface area (Å²) < 4.78 is 0. The average molecular weight is 521 g/mol. The molecule has 4 N–H and O–H groups in total. The molecule has 1 saturated heterocycles. The van der Waals surface area contributed by atoms with Crippen molar-refractivity contribution in [2.24, 2.45) is 0 Å². The van der Waals surface area contributed by atoms with Gasteiger partial charge < -0.3 is 26.2 Å². The van der Waals surface area contributed by atoms with Crippen molar-refractivity contribution in [2.45, 2.75) is 6.92 Å². The van der Waals surface area contributed by atoms with E-state index in [-0.39, 0.29) is 6.03 Å². The lowest BCUT2D eigenvalue weighted by Gasteiger charge is -2.28. The molecule has 9 nitrogen and oxygen atoms in total. The number of piperazine rings is 1. The van der Waals surface area contributed by atoms with Crippen LogP contribution in [0.2, 0.25) is 5.02 Å². The zero-order chi connectivity index (χ0) is 24.9. The maximum absolute atomic E-state index is 12.8.